The first-order valence-corrected chi connectivity index (χ1v) is 25.7. The summed E-state index contributed by atoms with van der Waals surface area (Å²) in [4.78, 5) is 37.9. The van der Waals surface area contributed by atoms with Crippen molar-refractivity contribution in [1.29, 1.82) is 0 Å². The first-order valence-electron chi connectivity index (χ1n) is 25.7. The Labute approximate surface area is 371 Å². The molecule has 1 unspecified atom stereocenters. The van der Waals surface area contributed by atoms with Crippen LogP contribution in [0.3, 0.4) is 0 Å². The molecule has 0 fully saturated rings. The maximum atomic E-state index is 12.8. The molecular formula is C54H96O6. The molecule has 0 aromatic rings. The van der Waals surface area contributed by atoms with Crippen LogP contribution in [0.1, 0.15) is 258 Å². The zero-order valence-electron chi connectivity index (χ0n) is 39.7. The summed E-state index contributed by atoms with van der Waals surface area (Å²) >= 11 is 0. The number of carbonyl (C=O) groups is 3. The van der Waals surface area contributed by atoms with Crippen LogP contribution in [0.15, 0.2) is 48.6 Å². The lowest BCUT2D eigenvalue weighted by atomic mass is 10.1. The Bertz CT molecular complexity index is 1060. The van der Waals surface area contributed by atoms with E-state index in [9.17, 15) is 14.4 Å². The number of esters is 3. The van der Waals surface area contributed by atoms with Gasteiger partial charge in [0.15, 0.2) is 6.10 Å². The molecule has 0 N–H and O–H groups in total. The van der Waals surface area contributed by atoms with E-state index < -0.39 is 6.10 Å². The van der Waals surface area contributed by atoms with Crippen LogP contribution >= 0.6 is 0 Å². The minimum absolute atomic E-state index is 0.0845. The summed E-state index contributed by atoms with van der Waals surface area (Å²) in [5.41, 5.74) is 0. The molecule has 348 valence electrons. The zero-order valence-corrected chi connectivity index (χ0v) is 39.7. The van der Waals surface area contributed by atoms with Gasteiger partial charge in [-0.3, -0.25) is 14.4 Å². The van der Waals surface area contributed by atoms with Crippen LogP contribution in [0.25, 0.3) is 0 Å². The zero-order chi connectivity index (χ0) is 43.7. The van der Waals surface area contributed by atoms with Crippen LogP contribution in [-0.2, 0) is 28.6 Å². The molecule has 0 heterocycles. The van der Waals surface area contributed by atoms with E-state index in [1.165, 1.54) is 135 Å². The summed E-state index contributed by atoms with van der Waals surface area (Å²) in [6, 6.07) is 0. The predicted octanol–water partition coefficient (Wildman–Crippen LogP) is 16.7. The third-order valence-corrected chi connectivity index (χ3v) is 11.1. The van der Waals surface area contributed by atoms with Crippen LogP contribution in [0.4, 0.5) is 0 Å². The fourth-order valence-electron chi connectivity index (χ4n) is 7.19. The average molecular weight is 841 g/mol. The van der Waals surface area contributed by atoms with E-state index >= 15 is 0 Å². The van der Waals surface area contributed by atoms with Gasteiger partial charge in [0.25, 0.3) is 0 Å². The fraction of sp³-hybridized carbons (Fsp3) is 0.796. The summed E-state index contributed by atoms with van der Waals surface area (Å²) in [6.45, 7) is 6.57. The van der Waals surface area contributed by atoms with Crippen LogP contribution in [0.5, 0.6) is 0 Å². The highest BCUT2D eigenvalue weighted by Crippen LogP contribution is 2.14. The highest BCUT2D eigenvalue weighted by atomic mass is 16.6. The summed E-state index contributed by atoms with van der Waals surface area (Å²) in [5.74, 6) is -0.919. The number of hydrogen-bond acceptors (Lipinski definition) is 6. The second-order valence-electron chi connectivity index (χ2n) is 17.1. The van der Waals surface area contributed by atoms with Crippen molar-refractivity contribution in [2.75, 3.05) is 13.2 Å². The summed E-state index contributed by atoms with van der Waals surface area (Å²) in [5, 5.41) is 0. The van der Waals surface area contributed by atoms with Gasteiger partial charge in [-0.25, -0.2) is 0 Å². The monoisotopic (exact) mass is 841 g/mol. The number of hydrogen-bond donors (Lipinski definition) is 0. The van der Waals surface area contributed by atoms with Gasteiger partial charge in [0.1, 0.15) is 13.2 Å². The van der Waals surface area contributed by atoms with Crippen molar-refractivity contribution in [1.82, 2.24) is 0 Å². The van der Waals surface area contributed by atoms with Crippen molar-refractivity contribution in [3.8, 4) is 0 Å². The Morgan fingerprint density at radius 3 is 0.933 bits per heavy atom. The fourth-order valence-corrected chi connectivity index (χ4v) is 7.19. The van der Waals surface area contributed by atoms with Gasteiger partial charge >= 0.3 is 17.9 Å². The highest BCUT2D eigenvalue weighted by molar-refractivity contribution is 5.71. The molecule has 1 atom stereocenters. The molecule has 0 aromatic carbocycles. The van der Waals surface area contributed by atoms with Crippen LogP contribution < -0.4 is 0 Å². The van der Waals surface area contributed by atoms with Crippen molar-refractivity contribution in [3.05, 3.63) is 48.6 Å². The molecular weight excluding hydrogens is 745 g/mol. The van der Waals surface area contributed by atoms with Gasteiger partial charge in [0, 0.05) is 19.3 Å². The standard InChI is InChI=1S/C54H96O6/c1-4-7-10-13-16-19-22-24-26-28-29-32-35-38-41-44-47-53(56)59-50-51(49-58-52(55)46-43-40-37-34-31-21-18-15-12-9-6-3)60-54(57)48-45-42-39-36-33-30-27-25-23-20-17-14-11-8-5-2/h17,20,23,25-26,28-29,32,51H,4-16,18-19,21-22,24,27,30-31,33-50H2,1-3H3/b20-17-,25-23-,28-26-,32-29-. The van der Waals surface area contributed by atoms with E-state index in [0.29, 0.717) is 19.3 Å². The Hall–Kier alpha value is -2.63. The number of allylic oxidation sites excluding steroid dienone is 8. The number of unbranched alkanes of at least 4 members (excludes halogenated alkanes) is 29. The molecule has 0 rings (SSSR count). The molecule has 6 heteroatoms. The van der Waals surface area contributed by atoms with Crippen LogP contribution in [0.2, 0.25) is 0 Å². The number of ether oxygens (including phenoxy) is 3. The topological polar surface area (TPSA) is 78.9 Å². The minimum atomic E-state index is -0.786. The molecule has 0 amide bonds. The normalized spacial score (nSPS) is 12.4. The third-order valence-electron chi connectivity index (χ3n) is 11.1. The van der Waals surface area contributed by atoms with E-state index in [1.807, 2.05) is 0 Å². The Morgan fingerprint density at radius 2 is 0.583 bits per heavy atom. The van der Waals surface area contributed by atoms with Crippen LogP contribution in [0, 0.1) is 0 Å². The second-order valence-corrected chi connectivity index (χ2v) is 17.1. The Balaban J connectivity index is 4.42. The molecule has 0 radical (unpaired) electrons. The van der Waals surface area contributed by atoms with Gasteiger partial charge in [-0.15, -0.1) is 0 Å². The quantitative estimate of drug-likeness (QED) is 0.0263. The molecule has 0 aromatic heterocycles. The van der Waals surface area contributed by atoms with Crippen molar-refractivity contribution in [2.45, 2.75) is 264 Å². The smallest absolute Gasteiger partial charge is 0.306 e. The molecule has 0 aliphatic heterocycles. The third kappa shape index (κ3) is 46.4. The van der Waals surface area contributed by atoms with Crippen LogP contribution in [-0.4, -0.2) is 37.2 Å². The van der Waals surface area contributed by atoms with Crippen molar-refractivity contribution in [2.24, 2.45) is 0 Å². The van der Waals surface area contributed by atoms with Crippen molar-refractivity contribution < 1.29 is 28.6 Å². The lowest BCUT2D eigenvalue weighted by molar-refractivity contribution is -0.167. The molecule has 0 aliphatic carbocycles. The van der Waals surface area contributed by atoms with Gasteiger partial charge in [0.05, 0.1) is 0 Å². The molecule has 60 heavy (non-hydrogen) atoms. The second kappa shape index (κ2) is 49.0. The van der Waals surface area contributed by atoms with E-state index in [-0.39, 0.29) is 31.1 Å². The molecule has 6 nitrogen and oxygen atoms in total. The first kappa shape index (κ1) is 57.4. The molecule has 0 aliphatic rings. The van der Waals surface area contributed by atoms with E-state index in [2.05, 4.69) is 69.4 Å². The largest absolute Gasteiger partial charge is 0.462 e. The van der Waals surface area contributed by atoms with Crippen molar-refractivity contribution in [3.63, 3.8) is 0 Å². The van der Waals surface area contributed by atoms with Gasteiger partial charge in [-0.1, -0.05) is 217 Å². The van der Waals surface area contributed by atoms with Crippen molar-refractivity contribution >= 4 is 17.9 Å². The molecule has 0 saturated heterocycles. The first-order chi connectivity index (χ1) is 29.5. The summed E-state index contributed by atoms with van der Waals surface area (Å²) in [7, 11) is 0. The Morgan fingerprint density at radius 1 is 0.333 bits per heavy atom. The Kier molecular flexibility index (Phi) is 46.9. The lowest BCUT2D eigenvalue weighted by Crippen LogP contribution is -2.30. The van der Waals surface area contributed by atoms with Gasteiger partial charge in [-0.2, -0.15) is 0 Å². The summed E-state index contributed by atoms with van der Waals surface area (Å²) in [6.07, 6.45) is 58.0. The molecule has 0 saturated carbocycles. The number of carbonyl (C=O) groups excluding carboxylic acids is 3. The van der Waals surface area contributed by atoms with E-state index in [1.54, 1.807) is 0 Å². The lowest BCUT2D eigenvalue weighted by Gasteiger charge is -2.18. The number of rotatable bonds is 46. The SMILES string of the molecule is CCCCC/C=C\C=C/CCCCCCCCC(=O)OC(COC(=O)CCCCC/C=C\C=C/CCCCCCCCC)COC(=O)CCCCCCCCCCCCC. The maximum absolute atomic E-state index is 12.8. The maximum Gasteiger partial charge on any atom is 0.306 e. The minimum Gasteiger partial charge on any atom is -0.462 e. The average Bonchev–Trinajstić information content (AvgIpc) is 3.24. The summed E-state index contributed by atoms with van der Waals surface area (Å²) < 4.78 is 16.8. The van der Waals surface area contributed by atoms with E-state index in [0.717, 1.165) is 83.5 Å². The van der Waals surface area contributed by atoms with Gasteiger partial charge in [-0.05, 0) is 70.6 Å². The van der Waals surface area contributed by atoms with E-state index in [4.69, 9.17) is 14.2 Å². The molecule has 0 spiro atoms. The van der Waals surface area contributed by atoms with Gasteiger partial charge < -0.3 is 14.2 Å². The highest BCUT2D eigenvalue weighted by Gasteiger charge is 2.19. The van der Waals surface area contributed by atoms with Gasteiger partial charge in [0.2, 0.25) is 0 Å². The predicted molar refractivity (Wildman–Crippen MR) is 256 cm³/mol. The molecule has 0 bridgehead atoms.